The van der Waals surface area contributed by atoms with Gasteiger partial charge in [0.05, 0.1) is 0 Å². The number of ether oxygens (including phenoxy) is 1. The van der Waals surface area contributed by atoms with Crippen LogP contribution in [0.2, 0.25) is 0 Å². The van der Waals surface area contributed by atoms with Crippen molar-refractivity contribution in [3.05, 3.63) is 29.6 Å². The number of hydrogen-bond donors (Lipinski definition) is 1. The smallest absolute Gasteiger partial charge is 0.410 e. The highest BCUT2D eigenvalue weighted by molar-refractivity contribution is 7.03. The van der Waals surface area contributed by atoms with E-state index in [4.69, 9.17) is 4.74 Å². The van der Waals surface area contributed by atoms with Crippen LogP contribution in [0.4, 0.5) is 4.79 Å². The zero-order chi connectivity index (χ0) is 14.5. The molecule has 1 aliphatic carbocycles. The van der Waals surface area contributed by atoms with Crippen LogP contribution in [0.15, 0.2) is 29.6 Å². The Morgan fingerprint density at radius 2 is 2.14 bits per heavy atom. The van der Waals surface area contributed by atoms with E-state index in [9.17, 15) is 4.79 Å². The molecule has 1 N–H and O–H groups in total. The number of nitrogens with zero attached hydrogens (tertiary/aromatic N) is 2. The third-order valence-corrected chi connectivity index (χ3v) is 4.13. The summed E-state index contributed by atoms with van der Waals surface area (Å²) in [4.78, 5) is 11.9. The summed E-state index contributed by atoms with van der Waals surface area (Å²) < 4.78 is 9.20. The highest BCUT2D eigenvalue weighted by Gasteiger charge is 2.16. The van der Waals surface area contributed by atoms with Crippen molar-refractivity contribution in [3.8, 4) is 17.0 Å². The summed E-state index contributed by atoms with van der Waals surface area (Å²) in [7, 11) is 0. The van der Waals surface area contributed by atoms with Crippen molar-refractivity contribution in [3.63, 3.8) is 0 Å². The van der Waals surface area contributed by atoms with Gasteiger partial charge >= 0.3 is 6.09 Å². The van der Waals surface area contributed by atoms with Gasteiger partial charge in [0.25, 0.3) is 0 Å². The highest BCUT2D eigenvalue weighted by Crippen LogP contribution is 2.23. The van der Waals surface area contributed by atoms with Crippen molar-refractivity contribution < 1.29 is 9.53 Å². The van der Waals surface area contributed by atoms with Crippen LogP contribution in [0.25, 0.3) is 11.3 Å². The first-order valence-electron chi connectivity index (χ1n) is 7.17. The quantitative estimate of drug-likeness (QED) is 0.940. The molecule has 0 aliphatic heterocycles. The Labute approximate surface area is 127 Å². The number of amides is 1. The summed E-state index contributed by atoms with van der Waals surface area (Å²) in [6.45, 7) is 0. The normalized spacial score (nSPS) is 15.6. The molecule has 6 heteroatoms. The number of carbonyl (C=O) groups excluding carboxylic acids is 1. The van der Waals surface area contributed by atoms with Gasteiger partial charge < -0.3 is 10.1 Å². The van der Waals surface area contributed by atoms with E-state index < -0.39 is 0 Å². The molecule has 1 aromatic carbocycles. The fraction of sp³-hybridized carbons (Fsp3) is 0.400. The Morgan fingerprint density at radius 1 is 1.29 bits per heavy atom. The van der Waals surface area contributed by atoms with Gasteiger partial charge in [-0.05, 0) is 36.5 Å². The molecule has 5 nitrogen and oxygen atoms in total. The lowest BCUT2D eigenvalue weighted by Crippen LogP contribution is -2.37. The van der Waals surface area contributed by atoms with Gasteiger partial charge in [-0.2, -0.15) is 0 Å². The molecular formula is C15H17N3O2S. The molecule has 1 saturated carbocycles. The van der Waals surface area contributed by atoms with Crippen LogP contribution in [0.3, 0.4) is 0 Å². The van der Waals surface area contributed by atoms with E-state index >= 15 is 0 Å². The number of aromatic nitrogens is 2. The summed E-state index contributed by atoms with van der Waals surface area (Å²) in [5.74, 6) is 0.522. The van der Waals surface area contributed by atoms with Crippen LogP contribution in [0.5, 0.6) is 5.75 Å². The fourth-order valence-corrected chi connectivity index (χ4v) is 3.02. The molecule has 0 atom stereocenters. The van der Waals surface area contributed by atoms with Crippen molar-refractivity contribution in [2.45, 2.75) is 38.1 Å². The zero-order valence-corrected chi connectivity index (χ0v) is 12.4. The van der Waals surface area contributed by atoms with Crippen LogP contribution >= 0.6 is 11.5 Å². The molecule has 3 rings (SSSR count). The molecule has 0 saturated heterocycles. The standard InChI is InChI=1S/C15H17N3O2S/c19-15(16-12-6-2-1-3-7-12)20-13-8-4-5-11(9-13)14-10-21-18-17-14/h4-5,8-10,12H,1-3,6-7H2,(H,16,19). The second-order valence-electron chi connectivity index (χ2n) is 5.19. The summed E-state index contributed by atoms with van der Waals surface area (Å²) >= 11 is 1.30. The predicted molar refractivity (Wildman–Crippen MR) is 81.4 cm³/mol. The van der Waals surface area contributed by atoms with Gasteiger partial charge in [-0.15, -0.1) is 5.10 Å². The van der Waals surface area contributed by atoms with Crippen LogP contribution in [-0.4, -0.2) is 21.7 Å². The summed E-state index contributed by atoms with van der Waals surface area (Å²) in [6.07, 6.45) is 5.32. The number of nitrogens with one attached hydrogen (secondary N) is 1. The molecule has 110 valence electrons. The lowest BCUT2D eigenvalue weighted by atomic mass is 9.96. The van der Waals surface area contributed by atoms with E-state index in [2.05, 4.69) is 14.9 Å². The summed E-state index contributed by atoms with van der Waals surface area (Å²) in [5, 5.41) is 8.81. The SMILES string of the molecule is O=C(NC1CCCCC1)Oc1cccc(-c2csnn2)c1. The Kier molecular flexibility index (Phi) is 4.45. The molecule has 1 heterocycles. The van der Waals surface area contributed by atoms with Crippen LogP contribution in [0.1, 0.15) is 32.1 Å². The van der Waals surface area contributed by atoms with Crippen LogP contribution in [0, 0.1) is 0 Å². The van der Waals surface area contributed by atoms with E-state index in [0.717, 1.165) is 24.1 Å². The van der Waals surface area contributed by atoms with Crippen molar-refractivity contribution in [1.82, 2.24) is 14.9 Å². The van der Waals surface area contributed by atoms with Crippen LogP contribution in [-0.2, 0) is 0 Å². The van der Waals surface area contributed by atoms with Gasteiger partial charge in [-0.25, -0.2) is 4.79 Å². The van der Waals surface area contributed by atoms with Crippen molar-refractivity contribution in [2.75, 3.05) is 0 Å². The molecule has 2 aromatic rings. The Morgan fingerprint density at radius 3 is 2.90 bits per heavy atom. The number of rotatable bonds is 3. The molecule has 21 heavy (non-hydrogen) atoms. The lowest BCUT2D eigenvalue weighted by Gasteiger charge is -2.22. The molecule has 0 radical (unpaired) electrons. The lowest BCUT2D eigenvalue weighted by molar-refractivity contribution is 0.192. The predicted octanol–water partition coefficient (Wildman–Crippen LogP) is 3.63. The molecule has 0 spiro atoms. The second-order valence-corrected chi connectivity index (χ2v) is 5.80. The number of benzene rings is 1. The molecule has 0 bridgehead atoms. The van der Waals surface area contributed by atoms with E-state index in [1.165, 1.54) is 30.8 Å². The maximum atomic E-state index is 11.9. The first-order chi connectivity index (χ1) is 10.3. The molecule has 1 aliphatic rings. The third-order valence-electron chi connectivity index (χ3n) is 3.63. The maximum Gasteiger partial charge on any atom is 0.412 e. The Hall–Kier alpha value is -1.95. The van der Waals surface area contributed by atoms with Gasteiger partial charge in [0.15, 0.2) is 0 Å². The van der Waals surface area contributed by atoms with Gasteiger partial charge in [0.2, 0.25) is 0 Å². The van der Waals surface area contributed by atoms with E-state index in [0.29, 0.717) is 5.75 Å². The Bertz CT molecular complexity index is 595. The van der Waals surface area contributed by atoms with Crippen LogP contribution < -0.4 is 10.1 Å². The van der Waals surface area contributed by atoms with E-state index in [-0.39, 0.29) is 12.1 Å². The average Bonchev–Trinajstić information content (AvgIpc) is 3.02. The topological polar surface area (TPSA) is 64.1 Å². The molecule has 1 aromatic heterocycles. The van der Waals surface area contributed by atoms with Crippen molar-refractivity contribution in [1.29, 1.82) is 0 Å². The fourth-order valence-electron chi connectivity index (χ4n) is 2.56. The number of hydrogen-bond acceptors (Lipinski definition) is 5. The minimum Gasteiger partial charge on any atom is -0.410 e. The minimum absolute atomic E-state index is 0.247. The zero-order valence-electron chi connectivity index (χ0n) is 11.6. The van der Waals surface area contributed by atoms with Crippen molar-refractivity contribution >= 4 is 17.6 Å². The first-order valence-corrected chi connectivity index (χ1v) is 8.01. The van der Waals surface area contributed by atoms with Gasteiger partial charge in [-0.3, -0.25) is 0 Å². The average molecular weight is 303 g/mol. The summed E-state index contributed by atoms with van der Waals surface area (Å²) in [6, 6.07) is 7.58. The summed E-state index contributed by atoms with van der Waals surface area (Å²) in [5.41, 5.74) is 1.69. The Balaban J connectivity index is 1.62. The highest BCUT2D eigenvalue weighted by atomic mass is 32.1. The third kappa shape index (κ3) is 3.78. The molecule has 0 unspecified atom stereocenters. The van der Waals surface area contributed by atoms with E-state index in [1.807, 2.05) is 17.5 Å². The minimum atomic E-state index is -0.379. The number of carbonyl (C=O) groups is 1. The maximum absolute atomic E-state index is 11.9. The monoisotopic (exact) mass is 303 g/mol. The molecule has 1 fully saturated rings. The second kappa shape index (κ2) is 6.67. The van der Waals surface area contributed by atoms with Gasteiger partial charge in [0, 0.05) is 17.0 Å². The first kappa shape index (κ1) is 14.0. The van der Waals surface area contributed by atoms with E-state index in [1.54, 1.807) is 12.1 Å². The van der Waals surface area contributed by atoms with Gasteiger partial charge in [0.1, 0.15) is 11.4 Å². The van der Waals surface area contributed by atoms with Gasteiger partial charge in [-0.1, -0.05) is 35.9 Å². The molecular weight excluding hydrogens is 286 g/mol. The molecule has 1 amide bonds. The van der Waals surface area contributed by atoms with Crippen molar-refractivity contribution in [2.24, 2.45) is 0 Å². The largest absolute Gasteiger partial charge is 0.412 e.